The molecule has 206 valence electrons. The molecule has 0 aromatic heterocycles. The predicted octanol–water partition coefficient (Wildman–Crippen LogP) is 1.13. The van der Waals surface area contributed by atoms with E-state index in [0.717, 1.165) is 6.07 Å². The number of halogens is 3. The van der Waals surface area contributed by atoms with Gasteiger partial charge in [-0.3, -0.25) is 24.1 Å². The Labute approximate surface area is 216 Å². The standard InChI is InChI=1S/C26H30F3N3O6/c1-5-31-9-12-8-15(33)17-13(19(12)26(27,28)29)6-11-7-14-20(32(3)4)22(35)18(24(30)37)23(36)25(14,38)10(2)16(11)21(17)34/h8,11,14,18,20,31,33,38H,5-7,9H2,1-4H3,(H2,30,37). The van der Waals surface area contributed by atoms with Crippen LogP contribution in [0.25, 0.3) is 0 Å². The third-order valence-corrected chi connectivity index (χ3v) is 8.16. The van der Waals surface area contributed by atoms with Crippen LogP contribution in [0.3, 0.4) is 0 Å². The molecule has 3 aliphatic carbocycles. The number of fused-ring (bicyclic) bond motifs is 3. The van der Waals surface area contributed by atoms with Gasteiger partial charge in [-0.15, -0.1) is 0 Å². The number of amides is 1. The number of nitrogens with one attached hydrogen (secondary N) is 1. The van der Waals surface area contributed by atoms with E-state index < -0.39 is 75.7 Å². The Hall–Kier alpha value is -3.09. The zero-order valence-electron chi connectivity index (χ0n) is 21.4. The molecule has 1 aromatic carbocycles. The maximum Gasteiger partial charge on any atom is 0.417 e. The van der Waals surface area contributed by atoms with Crippen LogP contribution in [-0.2, 0) is 33.5 Å². The van der Waals surface area contributed by atoms with E-state index in [4.69, 9.17) is 5.73 Å². The molecule has 1 saturated carbocycles. The van der Waals surface area contributed by atoms with Crippen molar-refractivity contribution in [3.63, 3.8) is 0 Å². The molecule has 1 fully saturated rings. The number of nitrogens with two attached hydrogens (primary N) is 1. The summed E-state index contributed by atoms with van der Waals surface area (Å²) in [4.78, 5) is 53.8. The molecule has 0 heterocycles. The van der Waals surface area contributed by atoms with Gasteiger partial charge in [-0.2, -0.15) is 13.2 Å². The lowest BCUT2D eigenvalue weighted by Gasteiger charge is -2.52. The number of likely N-dealkylation sites (N-methyl/N-ethyl adjacent to an activating group) is 1. The number of aromatic hydroxyl groups is 1. The van der Waals surface area contributed by atoms with Crippen LogP contribution < -0.4 is 11.1 Å². The Bertz CT molecular complexity index is 1290. The normalized spacial score (nSPS) is 29.3. The first-order chi connectivity index (χ1) is 17.6. The number of phenolic OH excluding ortho intramolecular Hbond substituents is 1. The van der Waals surface area contributed by atoms with E-state index in [1.54, 1.807) is 6.92 Å². The quantitative estimate of drug-likeness (QED) is 0.409. The van der Waals surface area contributed by atoms with E-state index in [9.17, 15) is 42.6 Å². The molecule has 3 aliphatic rings. The van der Waals surface area contributed by atoms with E-state index in [-0.39, 0.29) is 41.7 Å². The second-order valence-corrected chi connectivity index (χ2v) is 10.4. The lowest BCUT2D eigenvalue weighted by molar-refractivity contribution is -0.165. The second kappa shape index (κ2) is 9.28. The fraction of sp³-hybridized carbons (Fsp3) is 0.538. The Morgan fingerprint density at radius 3 is 2.42 bits per heavy atom. The first-order valence-corrected chi connectivity index (χ1v) is 12.3. The van der Waals surface area contributed by atoms with Crippen LogP contribution in [0.2, 0.25) is 0 Å². The van der Waals surface area contributed by atoms with Gasteiger partial charge in [0.15, 0.2) is 28.9 Å². The molecule has 0 radical (unpaired) electrons. The Morgan fingerprint density at radius 2 is 1.89 bits per heavy atom. The second-order valence-electron chi connectivity index (χ2n) is 10.4. The largest absolute Gasteiger partial charge is 0.507 e. The van der Waals surface area contributed by atoms with Gasteiger partial charge in [0.25, 0.3) is 0 Å². The molecule has 1 amide bonds. The molecular formula is C26H30F3N3O6. The van der Waals surface area contributed by atoms with Crippen molar-refractivity contribution < 1.29 is 42.6 Å². The number of carbonyl (C=O) groups is 4. The van der Waals surface area contributed by atoms with Crippen molar-refractivity contribution in [1.29, 1.82) is 0 Å². The molecule has 1 aromatic rings. The van der Waals surface area contributed by atoms with Crippen molar-refractivity contribution >= 4 is 23.3 Å². The summed E-state index contributed by atoms with van der Waals surface area (Å²) in [6, 6.07) is -0.243. The number of hydrogen-bond acceptors (Lipinski definition) is 8. The molecule has 12 heteroatoms. The smallest absolute Gasteiger partial charge is 0.417 e. The summed E-state index contributed by atoms with van der Waals surface area (Å²) in [6.45, 7) is 3.21. The van der Waals surface area contributed by atoms with Crippen LogP contribution >= 0.6 is 0 Å². The van der Waals surface area contributed by atoms with Gasteiger partial charge in [0, 0.05) is 18.0 Å². The van der Waals surface area contributed by atoms with Crippen molar-refractivity contribution in [2.24, 2.45) is 23.5 Å². The number of nitrogens with zero attached hydrogens (tertiary/aromatic N) is 1. The summed E-state index contributed by atoms with van der Waals surface area (Å²) in [5, 5.41) is 25.3. The molecule has 9 nitrogen and oxygen atoms in total. The number of primary amides is 1. The first kappa shape index (κ1) is 27.9. The molecule has 0 aliphatic heterocycles. The number of Topliss-reactive ketones (excluding diaryl/α,β-unsaturated/α-hetero) is 3. The van der Waals surface area contributed by atoms with Gasteiger partial charge < -0.3 is 21.3 Å². The first-order valence-electron chi connectivity index (χ1n) is 12.3. The van der Waals surface area contributed by atoms with Crippen molar-refractivity contribution in [2.45, 2.75) is 51.1 Å². The minimum atomic E-state index is -4.83. The van der Waals surface area contributed by atoms with Crippen LogP contribution in [-0.4, -0.2) is 70.7 Å². The molecule has 5 atom stereocenters. The summed E-state index contributed by atoms with van der Waals surface area (Å²) in [7, 11) is 3.03. The highest BCUT2D eigenvalue weighted by Crippen LogP contribution is 2.53. The topological polar surface area (TPSA) is 150 Å². The van der Waals surface area contributed by atoms with Crippen molar-refractivity contribution in [3.05, 3.63) is 39.5 Å². The summed E-state index contributed by atoms with van der Waals surface area (Å²) < 4.78 is 43.0. The molecule has 0 saturated heterocycles. The summed E-state index contributed by atoms with van der Waals surface area (Å²) in [6.07, 6.45) is -5.30. The van der Waals surface area contributed by atoms with Crippen LogP contribution in [0.5, 0.6) is 5.75 Å². The van der Waals surface area contributed by atoms with E-state index in [2.05, 4.69) is 5.32 Å². The Kier molecular flexibility index (Phi) is 6.82. The number of alkyl halides is 3. The van der Waals surface area contributed by atoms with E-state index in [0.29, 0.717) is 6.54 Å². The van der Waals surface area contributed by atoms with Gasteiger partial charge in [0.2, 0.25) is 5.91 Å². The fourth-order valence-electron chi connectivity index (χ4n) is 6.63. The van der Waals surface area contributed by atoms with Crippen LogP contribution in [0.1, 0.15) is 47.3 Å². The zero-order chi connectivity index (χ0) is 28.5. The van der Waals surface area contributed by atoms with Gasteiger partial charge >= 0.3 is 6.18 Å². The van der Waals surface area contributed by atoms with Crippen molar-refractivity contribution in [2.75, 3.05) is 20.6 Å². The number of benzene rings is 1. The van der Waals surface area contributed by atoms with E-state index in [1.807, 2.05) is 0 Å². The Balaban J connectivity index is 1.97. The highest BCUT2D eigenvalue weighted by Gasteiger charge is 2.64. The summed E-state index contributed by atoms with van der Waals surface area (Å²) >= 11 is 0. The monoisotopic (exact) mass is 537 g/mol. The average Bonchev–Trinajstić information content (AvgIpc) is 2.78. The van der Waals surface area contributed by atoms with Crippen molar-refractivity contribution in [3.8, 4) is 5.75 Å². The number of carbonyl (C=O) groups excluding carboxylic acids is 4. The number of phenols is 1. The molecule has 0 spiro atoms. The highest BCUT2D eigenvalue weighted by molar-refractivity contribution is 6.25. The molecule has 5 unspecified atom stereocenters. The lowest BCUT2D eigenvalue weighted by atomic mass is 9.54. The van der Waals surface area contributed by atoms with Gasteiger partial charge in [0.1, 0.15) is 5.75 Å². The molecule has 0 bridgehead atoms. The number of allylic oxidation sites excluding steroid dienone is 1. The maximum atomic E-state index is 14.3. The Morgan fingerprint density at radius 1 is 1.26 bits per heavy atom. The number of ketones is 3. The third kappa shape index (κ3) is 3.88. The predicted molar refractivity (Wildman–Crippen MR) is 128 cm³/mol. The van der Waals surface area contributed by atoms with Gasteiger partial charge in [-0.25, -0.2) is 0 Å². The molecular weight excluding hydrogens is 507 g/mol. The number of rotatable bonds is 5. The van der Waals surface area contributed by atoms with Crippen molar-refractivity contribution in [1.82, 2.24) is 10.2 Å². The van der Waals surface area contributed by atoms with Gasteiger partial charge in [-0.05, 0) is 69.1 Å². The fourth-order valence-corrected chi connectivity index (χ4v) is 6.63. The van der Waals surface area contributed by atoms with Crippen LogP contribution in [0.4, 0.5) is 13.2 Å². The molecule has 38 heavy (non-hydrogen) atoms. The molecule has 5 N–H and O–H groups in total. The minimum Gasteiger partial charge on any atom is -0.507 e. The maximum absolute atomic E-state index is 14.3. The molecule has 4 rings (SSSR count). The lowest BCUT2D eigenvalue weighted by Crippen LogP contribution is -2.69. The SMILES string of the molecule is CCNCc1cc(O)c2c(c1C(F)(F)F)CC1CC3C(N(C)C)C(=O)C(C(N)=O)C(=O)C3(O)C(C)=C1C2=O. The van der Waals surface area contributed by atoms with Gasteiger partial charge in [0.05, 0.1) is 17.2 Å². The van der Waals surface area contributed by atoms with Crippen LogP contribution in [0, 0.1) is 17.8 Å². The van der Waals surface area contributed by atoms with E-state index in [1.165, 1.54) is 25.9 Å². The zero-order valence-corrected chi connectivity index (χ0v) is 21.4. The highest BCUT2D eigenvalue weighted by atomic mass is 19.4. The number of aliphatic hydroxyl groups is 1. The summed E-state index contributed by atoms with van der Waals surface area (Å²) in [5.41, 5.74) is 0.586. The number of hydrogen-bond donors (Lipinski definition) is 4. The minimum absolute atomic E-state index is 0.0949. The van der Waals surface area contributed by atoms with Gasteiger partial charge in [-0.1, -0.05) is 6.92 Å². The van der Waals surface area contributed by atoms with E-state index >= 15 is 0 Å². The van der Waals surface area contributed by atoms with Crippen LogP contribution in [0.15, 0.2) is 17.2 Å². The third-order valence-electron chi connectivity index (χ3n) is 8.16. The summed E-state index contributed by atoms with van der Waals surface area (Å²) in [5.74, 6) is -8.71. The average molecular weight is 538 g/mol.